The number of esters is 3. The number of carbonyl (C=O) groups is 4. The van der Waals surface area contributed by atoms with E-state index < -0.39 is 23.8 Å². The van der Waals surface area contributed by atoms with Gasteiger partial charge < -0.3 is 19.1 Å². The Bertz CT molecular complexity index is 963. The van der Waals surface area contributed by atoms with E-state index in [0.29, 0.717) is 5.69 Å². The standard InChI is InChI=1S/C22H21NO7/c1-13-4-6-17(7-5-13)23-12-16(11-19(23)24)22(27)30-18-9-14(20(25)28-2)8-15(10-18)21(26)29-3/h4-10,16H,11-12H2,1-3H3. The average molecular weight is 411 g/mol. The van der Waals surface area contributed by atoms with Crippen LogP contribution >= 0.6 is 0 Å². The van der Waals surface area contributed by atoms with E-state index in [1.54, 1.807) is 0 Å². The second kappa shape index (κ2) is 8.77. The summed E-state index contributed by atoms with van der Waals surface area (Å²) in [6, 6.07) is 11.3. The number of carbonyl (C=O) groups excluding carboxylic acids is 4. The Kier molecular flexibility index (Phi) is 6.15. The molecule has 0 bridgehead atoms. The number of aryl methyl sites for hydroxylation is 1. The van der Waals surface area contributed by atoms with Crippen molar-refractivity contribution in [2.75, 3.05) is 25.7 Å². The predicted octanol–water partition coefficient (Wildman–Crippen LogP) is 2.53. The summed E-state index contributed by atoms with van der Waals surface area (Å²) in [5, 5.41) is 0. The van der Waals surface area contributed by atoms with Crippen LogP contribution in [0.4, 0.5) is 5.69 Å². The Balaban J connectivity index is 1.78. The molecule has 156 valence electrons. The molecule has 1 heterocycles. The van der Waals surface area contributed by atoms with Gasteiger partial charge in [-0.25, -0.2) is 9.59 Å². The van der Waals surface area contributed by atoms with Gasteiger partial charge in [-0.2, -0.15) is 0 Å². The summed E-state index contributed by atoms with van der Waals surface area (Å²) in [5.74, 6) is -2.89. The zero-order valence-electron chi connectivity index (χ0n) is 16.8. The van der Waals surface area contributed by atoms with Gasteiger partial charge in [0.15, 0.2) is 0 Å². The normalized spacial score (nSPS) is 15.6. The monoisotopic (exact) mass is 411 g/mol. The van der Waals surface area contributed by atoms with Crippen molar-refractivity contribution in [3.05, 3.63) is 59.2 Å². The first kappa shape index (κ1) is 21.0. The number of hydrogen-bond donors (Lipinski definition) is 0. The fourth-order valence-corrected chi connectivity index (χ4v) is 3.17. The number of ether oxygens (including phenoxy) is 3. The molecule has 1 aliphatic rings. The highest BCUT2D eigenvalue weighted by Gasteiger charge is 2.36. The molecule has 2 aromatic rings. The van der Waals surface area contributed by atoms with Crippen molar-refractivity contribution in [3.63, 3.8) is 0 Å². The van der Waals surface area contributed by atoms with Crippen LogP contribution in [-0.4, -0.2) is 44.6 Å². The Morgan fingerprint density at radius 2 is 1.50 bits per heavy atom. The van der Waals surface area contributed by atoms with Crippen LogP contribution in [0.25, 0.3) is 0 Å². The molecule has 2 aromatic carbocycles. The summed E-state index contributed by atoms with van der Waals surface area (Å²) in [6.45, 7) is 2.13. The van der Waals surface area contributed by atoms with Crippen LogP contribution in [0.3, 0.4) is 0 Å². The zero-order valence-corrected chi connectivity index (χ0v) is 16.8. The molecule has 1 unspecified atom stereocenters. The maximum absolute atomic E-state index is 12.7. The number of methoxy groups -OCH3 is 2. The predicted molar refractivity (Wildman–Crippen MR) is 106 cm³/mol. The molecule has 1 aliphatic heterocycles. The van der Waals surface area contributed by atoms with Gasteiger partial charge >= 0.3 is 17.9 Å². The summed E-state index contributed by atoms with van der Waals surface area (Å²) in [7, 11) is 2.39. The molecule has 3 rings (SSSR count). The molecule has 8 nitrogen and oxygen atoms in total. The van der Waals surface area contributed by atoms with Crippen LogP contribution in [0.15, 0.2) is 42.5 Å². The van der Waals surface area contributed by atoms with Crippen molar-refractivity contribution in [2.45, 2.75) is 13.3 Å². The summed E-state index contributed by atoms with van der Waals surface area (Å²) in [6.07, 6.45) is 0.00720. The summed E-state index contributed by atoms with van der Waals surface area (Å²) in [5.41, 5.74) is 1.84. The molecule has 8 heteroatoms. The largest absolute Gasteiger partial charge is 0.465 e. The Hall–Kier alpha value is -3.68. The van der Waals surface area contributed by atoms with Crippen molar-refractivity contribution in [3.8, 4) is 5.75 Å². The maximum Gasteiger partial charge on any atom is 0.338 e. The second-order valence-corrected chi connectivity index (χ2v) is 6.89. The molecule has 1 atom stereocenters. The van der Waals surface area contributed by atoms with Crippen LogP contribution in [0.1, 0.15) is 32.7 Å². The minimum atomic E-state index is -0.695. The second-order valence-electron chi connectivity index (χ2n) is 6.89. The molecular formula is C22H21NO7. The molecule has 1 amide bonds. The van der Waals surface area contributed by atoms with Crippen molar-refractivity contribution in [1.82, 2.24) is 0 Å². The van der Waals surface area contributed by atoms with Gasteiger partial charge in [-0.15, -0.1) is 0 Å². The van der Waals surface area contributed by atoms with E-state index in [-0.39, 0.29) is 35.7 Å². The highest BCUT2D eigenvalue weighted by molar-refractivity contribution is 6.00. The van der Waals surface area contributed by atoms with E-state index in [4.69, 9.17) is 4.74 Å². The lowest BCUT2D eigenvalue weighted by Crippen LogP contribution is -2.27. The molecule has 0 radical (unpaired) electrons. The van der Waals surface area contributed by atoms with Crippen molar-refractivity contribution >= 4 is 29.5 Å². The van der Waals surface area contributed by atoms with Gasteiger partial charge in [-0.05, 0) is 37.3 Å². The fraction of sp³-hybridized carbons (Fsp3) is 0.273. The van der Waals surface area contributed by atoms with E-state index in [9.17, 15) is 19.2 Å². The van der Waals surface area contributed by atoms with E-state index in [2.05, 4.69) is 9.47 Å². The van der Waals surface area contributed by atoms with Gasteiger partial charge in [0.25, 0.3) is 0 Å². The smallest absolute Gasteiger partial charge is 0.338 e. The third-order valence-corrected chi connectivity index (χ3v) is 4.77. The van der Waals surface area contributed by atoms with Crippen LogP contribution in [0, 0.1) is 12.8 Å². The van der Waals surface area contributed by atoms with Crippen LogP contribution in [0.5, 0.6) is 5.75 Å². The highest BCUT2D eigenvalue weighted by Crippen LogP contribution is 2.27. The lowest BCUT2D eigenvalue weighted by Gasteiger charge is -2.16. The van der Waals surface area contributed by atoms with Crippen molar-refractivity contribution in [1.29, 1.82) is 0 Å². The SMILES string of the molecule is COC(=O)c1cc(OC(=O)C2CC(=O)N(c3ccc(C)cc3)C2)cc(C(=O)OC)c1. The van der Waals surface area contributed by atoms with E-state index in [0.717, 1.165) is 5.56 Å². The van der Waals surface area contributed by atoms with Crippen molar-refractivity contribution in [2.24, 2.45) is 5.92 Å². The minimum absolute atomic E-state index is 0.00720. The van der Waals surface area contributed by atoms with Gasteiger partial charge in [0.2, 0.25) is 5.91 Å². The third kappa shape index (κ3) is 4.48. The molecule has 0 saturated carbocycles. The molecule has 0 N–H and O–H groups in total. The highest BCUT2D eigenvalue weighted by atomic mass is 16.5. The average Bonchev–Trinajstić information content (AvgIpc) is 3.14. The number of amides is 1. The molecular weight excluding hydrogens is 390 g/mol. The lowest BCUT2D eigenvalue weighted by atomic mass is 10.1. The quantitative estimate of drug-likeness (QED) is 0.551. The van der Waals surface area contributed by atoms with E-state index in [1.807, 2.05) is 31.2 Å². The Labute approximate surface area is 173 Å². The number of benzene rings is 2. The number of anilines is 1. The number of hydrogen-bond acceptors (Lipinski definition) is 7. The fourth-order valence-electron chi connectivity index (χ4n) is 3.17. The van der Waals surface area contributed by atoms with E-state index >= 15 is 0 Å². The summed E-state index contributed by atoms with van der Waals surface area (Å²) >= 11 is 0. The number of nitrogens with zero attached hydrogens (tertiary/aromatic N) is 1. The van der Waals surface area contributed by atoms with Gasteiger partial charge in [-0.1, -0.05) is 17.7 Å². The third-order valence-electron chi connectivity index (χ3n) is 4.77. The lowest BCUT2D eigenvalue weighted by molar-refractivity contribution is -0.139. The first-order valence-electron chi connectivity index (χ1n) is 9.23. The molecule has 0 spiro atoms. The van der Waals surface area contributed by atoms with Gasteiger partial charge in [-0.3, -0.25) is 9.59 Å². The van der Waals surface area contributed by atoms with E-state index in [1.165, 1.54) is 37.3 Å². The summed E-state index contributed by atoms with van der Waals surface area (Å²) < 4.78 is 14.7. The molecule has 1 saturated heterocycles. The van der Waals surface area contributed by atoms with Crippen LogP contribution in [-0.2, 0) is 19.1 Å². The van der Waals surface area contributed by atoms with Gasteiger partial charge in [0, 0.05) is 18.7 Å². The topological polar surface area (TPSA) is 99.2 Å². The molecule has 1 fully saturated rings. The molecule has 0 aliphatic carbocycles. The van der Waals surface area contributed by atoms with Crippen LogP contribution < -0.4 is 9.64 Å². The summed E-state index contributed by atoms with van der Waals surface area (Å²) in [4.78, 5) is 50.3. The Morgan fingerprint density at radius 1 is 0.933 bits per heavy atom. The van der Waals surface area contributed by atoms with Gasteiger partial charge in [0.1, 0.15) is 5.75 Å². The zero-order chi connectivity index (χ0) is 21.8. The Morgan fingerprint density at radius 3 is 2.03 bits per heavy atom. The van der Waals surface area contributed by atoms with Crippen LogP contribution in [0.2, 0.25) is 0 Å². The number of rotatable bonds is 5. The van der Waals surface area contributed by atoms with Crippen molar-refractivity contribution < 1.29 is 33.4 Å². The molecule has 0 aromatic heterocycles. The minimum Gasteiger partial charge on any atom is -0.465 e. The molecule has 30 heavy (non-hydrogen) atoms. The van der Waals surface area contributed by atoms with Gasteiger partial charge in [0.05, 0.1) is 31.3 Å². The maximum atomic E-state index is 12.7. The first-order chi connectivity index (χ1) is 14.3. The first-order valence-corrected chi connectivity index (χ1v) is 9.23.